The number of fused-ring (bicyclic) bond motifs is 1. The van der Waals surface area contributed by atoms with Gasteiger partial charge < -0.3 is 20.1 Å². The summed E-state index contributed by atoms with van der Waals surface area (Å²) in [6.45, 7) is 3.08. The van der Waals surface area contributed by atoms with E-state index in [1.54, 1.807) is 18.3 Å². The Morgan fingerprint density at radius 1 is 1.09 bits per heavy atom. The van der Waals surface area contributed by atoms with Gasteiger partial charge in [0, 0.05) is 42.4 Å². The zero-order chi connectivity index (χ0) is 21.9. The quantitative estimate of drug-likeness (QED) is 0.644. The van der Waals surface area contributed by atoms with E-state index in [1.165, 1.54) is 6.20 Å². The Morgan fingerprint density at radius 2 is 1.91 bits per heavy atom. The van der Waals surface area contributed by atoms with Crippen LogP contribution in [0.4, 0.5) is 17.2 Å². The lowest BCUT2D eigenvalue weighted by Gasteiger charge is -2.29. The maximum atomic E-state index is 12.5. The zero-order valence-corrected chi connectivity index (χ0v) is 17.4. The van der Waals surface area contributed by atoms with Crippen LogP contribution in [0.1, 0.15) is 21.6 Å². The Morgan fingerprint density at radius 3 is 2.62 bits per heavy atom. The number of benzene rings is 1. The van der Waals surface area contributed by atoms with Crippen molar-refractivity contribution in [1.29, 1.82) is 0 Å². The van der Waals surface area contributed by atoms with E-state index in [4.69, 9.17) is 9.72 Å². The van der Waals surface area contributed by atoms with Gasteiger partial charge in [-0.1, -0.05) is 0 Å². The molecule has 1 saturated heterocycles. The number of hydrogen-bond donors (Lipinski definition) is 2. The van der Waals surface area contributed by atoms with Gasteiger partial charge in [-0.15, -0.1) is 0 Å². The molecule has 2 N–H and O–H groups in total. The predicted octanol–water partition coefficient (Wildman–Crippen LogP) is 2.95. The monoisotopic (exact) mass is 428 g/mol. The minimum atomic E-state index is -0.331. The lowest BCUT2D eigenvalue weighted by atomic mass is 10.0. The average Bonchev–Trinajstić information content (AvgIpc) is 2.85. The predicted molar refractivity (Wildman–Crippen MR) is 122 cm³/mol. The largest absolute Gasteiger partial charge is 0.390 e. The summed E-state index contributed by atoms with van der Waals surface area (Å²) in [5.41, 5.74) is 5.18. The molecule has 32 heavy (non-hydrogen) atoms. The Bertz CT molecular complexity index is 1150. The van der Waals surface area contributed by atoms with E-state index in [2.05, 4.69) is 20.5 Å². The molecule has 0 aliphatic carbocycles. The van der Waals surface area contributed by atoms with Crippen LogP contribution in [0.25, 0.3) is 17.3 Å². The van der Waals surface area contributed by atoms with E-state index in [0.29, 0.717) is 22.8 Å². The van der Waals surface area contributed by atoms with Crippen molar-refractivity contribution >= 4 is 29.2 Å². The van der Waals surface area contributed by atoms with Crippen LogP contribution in [0.15, 0.2) is 54.9 Å². The molecule has 0 spiro atoms. The number of aromatic nitrogens is 2. The van der Waals surface area contributed by atoms with E-state index >= 15 is 0 Å². The molecule has 4 heterocycles. The van der Waals surface area contributed by atoms with Gasteiger partial charge in [-0.25, -0.2) is 10.3 Å². The fourth-order valence-corrected chi connectivity index (χ4v) is 3.79. The normalized spacial score (nSPS) is 15.3. The van der Waals surface area contributed by atoms with E-state index in [-0.39, 0.29) is 12.5 Å². The second-order valence-corrected chi connectivity index (χ2v) is 7.54. The molecule has 161 valence electrons. The molecule has 2 aliphatic heterocycles. The first-order valence-corrected chi connectivity index (χ1v) is 10.4. The summed E-state index contributed by atoms with van der Waals surface area (Å²) in [4.78, 5) is 23.8. The van der Waals surface area contributed by atoms with Crippen molar-refractivity contribution in [2.45, 2.75) is 6.61 Å². The number of anilines is 3. The van der Waals surface area contributed by atoms with Gasteiger partial charge >= 0.3 is 0 Å². The first kappa shape index (κ1) is 20.2. The highest BCUT2D eigenvalue weighted by molar-refractivity contribution is 6.05. The number of hydrogen-bond acceptors (Lipinski definition) is 7. The minimum absolute atomic E-state index is 0.121. The Kier molecular flexibility index (Phi) is 5.53. The summed E-state index contributed by atoms with van der Waals surface area (Å²) in [5, 5.41) is 16.5. The lowest BCUT2D eigenvalue weighted by Crippen LogP contribution is -2.36. The molecule has 5 rings (SSSR count). The van der Waals surface area contributed by atoms with Crippen molar-refractivity contribution in [2.24, 2.45) is 0 Å². The number of aliphatic hydroxyl groups is 1. The molecular formula is C24H22N5O3. The van der Waals surface area contributed by atoms with Crippen molar-refractivity contribution < 1.29 is 14.6 Å². The maximum Gasteiger partial charge on any atom is 0.281 e. The van der Waals surface area contributed by atoms with Gasteiger partial charge in [-0.3, -0.25) is 9.78 Å². The van der Waals surface area contributed by atoms with Crippen LogP contribution >= 0.6 is 0 Å². The molecule has 1 aromatic carbocycles. The van der Waals surface area contributed by atoms with Crippen LogP contribution in [-0.4, -0.2) is 47.3 Å². The Labute approximate surface area is 185 Å². The van der Waals surface area contributed by atoms with Crippen LogP contribution in [-0.2, 0) is 11.3 Å². The second kappa shape index (κ2) is 8.78. The third-order valence-corrected chi connectivity index (χ3v) is 5.50. The smallest absolute Gasteiger partial charge is 0.281 e. The van der Waals surface area contributed by atoms with Gasteiger partial charge in [-0.05, 0) is 54.1 Å². The summed E-state index contributed by atoms with van der Waals surface area (Å²) < 4.78 is 5.42. The third-order valence-electron chi connectivity index (χ3n) is 5.50. The standard InChI is InChI=1S/C24H22N5O3/c30-15-19-2-1-17(14-26-19)21-13-16-7-8-25-24(31)22(16)23(28-21)27-18-3-5-20(6-4-18)29-9-11-32-12-10-29/h1-8,13-14,30H,9-12,15H2,(H,27,28). The van der Waals surface area contributed by atoms with Crippen molar-refractivity contribution in [1.82, 2.24) is 15.3 Å². The number of aliphatic hydroxyl groups excluding tert-OH is 1. The van der Waals surface area contributed by atoms with Crippen molar-refractivity contribution in [3.63, 3.8) is 0 Å². The molecular weight excluding hydrogens is 406 g/mol. The number of morpholine rings is 1. The van der Waals surface area contributed by atoms with Crippen molar-refractivity contribution in [2.75, 3.05) is 36.5 Å². The maximum absolute atomic E-state index is 12.5. The van der Waals surface area contributed by atoms with Crippen LogP contribution in [0.2, 0.25) is 0 Å². The molecule has 1 amide bonds. The molecule has 1 fully saturated rings. The number of pyridine rings is 2. The van der Waals surface area contributed by atoms with E-state index in [9.17, 15) is 9.90 Å². The molecule has 2 aliphatic rings. The molecule has 3 aromatic rings. The fraction of sp³-hybridized carbons (Fsp3) is 0.208. The summed E-state index contributed by atoms with van der Waals surface area (Å²) in [6.07, 6.45) is 4.96. The Balaban J connectivity index is 1.48. The molecule has 0 atom stereocenters. The molecule has 1 radical (unpaired) electrons. The molecule has 0 saturated carbocycles. The van der Waals surface area contributed by atoms with Crippen LogP contribution in [0.3, 0.4) is 0 Å². The SMILES string of the molecule is O=C1[N]C=Cc2cc(-c3ccc(CO)nc3)nc(Nc3ccc(N4CCOCC4)cc3)c21. The first-order chi connectivity index (χ1) is 15.7. The van der Waals surface area contributed by atoms with Gasteiger partial charge in [-0.2, -0.15) is 0 Å². The summed E-state index contributed by atoms with van der Waals surface area (Å²) >= 11 is 0. The molecule has 8 nitrogen and oxygen atoms in total. The minimum Gasteiger partial charge on any atom is -0.390 e. The molecule has 0 unspecified atom stereocenters. The summed E-state index contributed by atoms with van der Waals surface area (Å²) in [6, 6.07) is 13.5. The van der Waals surface area contributed by atoms with Crippen LogP contribution in [0, 0.1) is 0 Å². The number of nitrogens with zero attached hydrogens (tertiary/aromatic N) is 4. The van der Waals surface area contributed by atoms with Gasteiger partial charge in [0.1, 0.15) is 5.82 Å². The van der Waals surface area contributed by atoms with E-state index in [1.807, 2.05) is 36.4 Å². The second-order valence-electron chi connectivity index (χ2n) is 7.54. The lowest BCUT2D eigenvalue weighted by molar-refractivity contribution is 0.0965. The molecule has 2 aromatic heterocycles. The topological polar surface area (TPSA) is 102 Å². The van der Waals surface area contributed by atoms with Gasteiger partial charge in [0.2, 0.25) is 0 Å². The number of carbonyl (C=O) groups excluding carboxylic acids is 1. The van der Waals surface area contributed by atoms with Crippen LogP contribution < -0.4 is 15.5 Å². The highest BCUT2D eigenvalue weighted by Gasteiger charge is 2.22. The van der Waals surface area contributed by atoms with Crippen molar-refractivity contribution in [3.05, 3.63) is 71.7 Å². The number of rotatable bonds is 5. The summed E-state index contributed by atoms with van der Waals surface area (Å²) in [5.74, 6) is 0.115. The fourth-order valence-electron chi connectivity index (χ4n) is 3.79. The van der Waals surface area contributed by atoms with Crippen molar-refractivity contribution in [3.8, 4) is 11.3 Å². The van der Waals surface area contributed by atoms with Gasteiger partial charge in [0.15, 0.2) is 0 Å². The highest BCUT2D eigenvalue weighted by atomic mass is 16.5. The first-order valence-electron chi connectivity index (χ1n) is 10.4. The number of carbonyl (C=O) groups is 1. The van der Waals surface area contributed by atoms with E-state index in [0.717, 1.165) is 48.8 Å². The summed E-state index contributed by atoms with van der Waals surface area (Å²) in [7, 11) is 0. The Hall–Kier alpha value is -3.75. The number of nitrogens with one attached hydrogen (secondary N) is 1. The van der Waals surface area contributed by atoms with Gasteiger partial charge in [0.05, 0.1) is 36.8 Å². The molecule has 8 heteroatoms. The average molecular weight is 428 g/mol. The molecule has 0 bridgehead atoms. The zero-order valence-electron chi connectivity index (χ0n) is 17.4. The highest BCUT2D eigenvalue weighted by Crippen LogP contribution is 2.31. The van der Waals surface area contributed by atoms with Crippen LogP contribution in [0.5, 0.6) is 0 Å². The van der Waals surface area contributed by atoms with Gasteiger partial charge in [0.25, 0.3) is 5.91 Å². The number of ether oxygens (including phenoxy) is 1. The number of amides is 1. The third kappa shape index (κ3) is 4.05. The van der Waals surface area contributed by atoms with E-state index < -0.39 is 0 Å².